The smallest absolute Gasteiger partial charge is 0.410 e. The molecule has 6 nitrogen and oxygen atoms in total. The molecular weight excluding hydrogens is 518 g/mol. The second kappa shape index (κ2) is 12.0. The number of amides is 1. The Labute approximate surface area is 239 Å². The number of nitrogens with zero attached hydrogens (tertiary/aromatic N) is 1. The number of carbonyl (C=O) groups is 2. The minimum Gasteiger partial charge on any atom is -0.460 e. The van der Waals surface area contributed by atoms with Gasteiger partial charge in [-0.2, -0.15) is 0 Å². The zero-order valence-corrected chi connectivity index (χ0v) is 25.4. The Morgan fingerprint density at radius 1 is 0.800 bits per heavy atom. The lowest BCUT2D eigenvalue weighted by molar-refractivity contribution is 0.0100. The number of esters is 1. The summed E-state index contributed by atoms with van der Waals surface area (Å²) in [6, 6.07) is 29.4. The molecule has 1 aliphatic rings. The number of hydrogen-bond donors (Lipinski definition) is 0. The number of likely N-dealkylation sites (tertiary alicyclic amines) is 1. The highest BCUT2D eigenvalue weighted by atomic mass is 28.4. The molecule has 0 radical (unpaired) electrons. The first-order chi connectivity index (χ1) is 18.9. The predicted molar refractivity (Wildman–Crippen MR) is 161 cm³/mol. The van der Waals surface area contributed by atoms with Crippen LogP contribution in [-0.2, 0) is 13.9 Å². The van der Waals surface area contributed by atoms with E-state index in [-0.39, 0.29) is 23.8 Å². The molecule has 0 unspecified atom stereocenters. The van der Waals surface area contributed by atoms with Crippen molar-refractivity contribution in [3.63, 3.8) is 0 Å². The highest BCUT2D eigenvalue weighted by molar-refractivity contribution is 6.99. The minimum atomic E-state index is -2.84. The maximum atomic E-state index is 13.4. The standard InChI is InChI=1S/C33H41NO5Si/c1-32(2,3)38-31(36)34-23-27(22-26(34)24-37-30(35)25-16-10-7-11-17-25)39-40(33(4,5)6,28-18-12-8-13-19-28)29-20-14-9-15-21-29/h7-21,26-27H,22-24H2,1-6H3/t26-,27-/m1/s1. The van der Waals surface area contributed by atoms with E-state index in [1.165, 1.54) is 10.4 Å². The summed E-state index contributed by atoms with van der Waals surface area (Å²) in [5.74, 6) is -0.416. The fourth-order valence-electron chi connectivity index (χ4n) is 5.43. The van der Waals surface area contributed by atoms with Gasteiger partial charge in [-0.15, -0.1) is 0 Å². The zero-order chi connectivity index (χ0) is 29.0. The Hall–Kier alpha value is -3.42. The van der Waals surface area contributed by atoms with Crippen molar-refractivity contribution in [3.05, 3.63) is 96.6 Å². The summed E-state index contributed by atoms with van der Waals surface area (Å²) >= 11 is 0. The molecule has 0 aromatic heterocycles. The Bertz CT molecular complexity index is 1230. The van der Waals surface area contributed by atoms with E-state index in [0.717, 1.165) is 0 Å². The highest BCUT2D eigenvalue weighted by Crippen LogP contribution is 2.39. The molecule has 1 heterocycles. The van der Waals surface area contributed by atoms with Crippen molar-refractivity contribution >= 4 is 30.8 Å². The molecule has 0 N–H and O–H groups in total. The number of ether oxygens (including phenoxy) is 2. The average Bonchev–Trinajstić information content (AvgIpc) is 3.33. The molecule has 1 fully saturated rings. The van der Waals surface area contributed by atoms with Crippen LogP contribution in [0.2, 0.25) is 5.04 Å². The van der Waals surface area contributed by atoms with Crippen LogP contribution in [0.15, 0.2) is 91.0 Å². The third-order valence-electron chi connectivity index (χ3n) is 7.18. The normalized spacial score (nSPS) is 17.9. The van der Waals surface area contributed by atoms with E-state index in [9.17, 15) is 9.59 Å². The molecule has 2 atom stereocenters. The Balaban J connectivity index is 1.66. The number of benzene rings is 3. The summed E-state index contributed by atoms with van der Waals surface area (Å²) in [7, 11) is -2.84. The first-order valence-corrected chi connectivity index (χ1v) is 15.8. The van der Waals surface area contributed by atoms with Crippen LogP contribution in [0.25, 0.3) is 0 Å². The molecule has 0 bridgehead atoms. The van der Waals surface area contributed by atoms with Crippen molar-refractivity contribution in [1.82, 2.24) is 4.90 Å². The second-order valence-corrected chi connectivity index (χ2v) is 16.6. The summed E-state index contributed by atoms with van der Waals surface area (Å²) in [4.78, 5) is 27.8. The fourth-order valence-corrected chi connectivity index (χ4v) is 10.1. The SMILES string of the molecule is CC(C)(C)OC(=O)N1C[C@H](O[Si](c2ccccc2)(c2ccccc2)C(C)(C)C)C[C@@H]1COC(=O)c1ccccc1. The van der Waals surface area contributed by atoms with E-state index in [1.54, 1.807) is 29.2 Å². The monoisotopic (exact) mass is 559 g/mol. The topological polar surface area (TPSA) is 65.1 Å². The molecule has 1 saturated heterocycles. The van der Waals surface area contributed by atoms with Crippen LogP contribution in [0.5, 0.6) is 0 Å². The Morgan fingerprint density at radius 2 is 1.30 bits per heavy atom. The van der Waals surface area contributed by atoms with Crippen LogP contribution < -0.4 is 10.4 Å². The molecule has 4 rings (SSSR count). The van der Waals surface area contributed by atoms with E-state index >= 15 is 0 Å². The third-order valence-corrected chi connectivity index (χ3v) is 12.3. The van der Waals surface area contributed by atoms with Crippen molar-refractivity contribution in [3.8, 4) is 0 Å². The summed E-state index contributed by atoms with van der Waals surface area (Å²) < 4.78 is 18.8. The van der Waals surface area contributed by atoms with E-state index in [0.29, 0.717) is 18.5 Å². The molecule has 0 spiro atoms. The van der Waals surface area contributed by atoms with Gasteiger partial charge in [-0.25, -0.2) is 9.59 Å². The fraction of sp³-hybridized carbons (Fsp3) is 0.394. The quantitative estimate of drug-likeness (QED) is 0.271. The highest BCUT2D eigenvalue weighted by Gasteiger charge is 2.53. The molecule has 1 aliphatic heterocycles. The van der Waals surface area contributed by atoms with Crippen molar-refractivity contribution < 1.29 is 23.5 Å². The van der Waals surface area contributed by atoms with E-state index < -0.39 is 26.0 Å². The van der Waals surface area contributed by atoms with Crippen LogP contribution in [0, 0.1) is 0 Å². The van der Waals surface area contributed by atoms with Crippen LogP contribution in [0.4, 0.5) is 4.79 Å². The van der Waals surface area contributed by atoms with Gasteiger partial charge >= 0.3 is 12.1 Å². The van der Waals surface area contributed by atoms with Crippen LogP contribution in [0.3, 0.4) is 0 Å². The molecule has 0 aliphatic carbocycles. The zero-order valence-electron chi connectivity index (χ0n) is 24.4. The van der Waals surface area contributed by atoms with Crippen LogP contribution in [0.1, 0.15) is 58.3 Å². The molecule has 212 valence electrons. The second-order valence-electron chi connectivity index (χ2n) is 12.4. The minimum absolute atomic E-state index is 0.0631. The summed E-state index contributed by atoms with van der Waals surface area (Å²) in [6.45, 7) is 12.7. The van der Waals surface area contributed by atoms with Gasteiger partial charge in [-0.3, -0.25) is 4.90 Å². The largest absolute Gasteiger partial charge is 0.460 e. The number of hydrogen-bond acceptors (Lipinski definition) is 5. The molecule has 3 aromatic rings. The van der Waals surface area contributed by atoms with Gasteiger partial charge in [0.15, 0.2) is 0 Å². The lowest BCUT2D eigenvalue weighted by atomic mass is 10.2. The molecule has 3 aromatic carbocycles. The maximum Gasteiger partial charge on any atom is 0.410 e. The molecule has 0 saturated carbocycles. The first kappa shape index (κ1) is 29.6. The molecular formula is C33H41NO5Si. The summed E-state index contributed by atoms with van der Waals surface area (Å²) in [5.41, 5.74) is -0.177. The predicted octanol–water partition coefficient (Wildman–Crippen LogP) is 5.80. The van der Waals surface area contributed by atoms with Crippen LogP contribution in [-0.4, -0.2) is 56.2 Å². The maximum absolute atomic E-state index is 13.4. The molecule has 40 heavy (non-hydrogen) atoms. The summed E-state index contributed by atoms with van der Waals surface area (Å²) in [6.07, 6.45) is -0.160. The Morgan fingerprint density at radius 3 is 1.77 bits per heavy atom. The van der Waals surface area contributed by atoms with Gasteiger partial charge in [0.05, 0.1) is 17.7 Å². The van der Waals surface area contributed by atoms with Gasteiger partial charge in [0.1, 0.15) is 12.2 Å². The van der Waals surface area contributed by atoms with Gasteiger partial charge in [-0.1, -0.05) is 99.6 Å². The van der Waals surface area contributed by atoms with Gasteiger partial charge in [-0.05, 0) is 54.7 Å². The number of carbonyl (C=O) groups excluding carboxylic acids is 2. The summed E-state index contributed by atoms with van der Waals surface area (Å²) in [5, 5.41) is 2.15. The molecule has 1 amide bonds. The average molecular weight is 560 g/mol. The van der Waals surface area contributed by atoms with Crippen molar-refractivity contribution in [2.75, 3.05) is 13.2 Å². The van der Waals surface area contributed by atoms with E-state index in [1.807, 2.05) is 39.0 Å². The van der Waals surface area contributed by atoms with Crippen molar-refractivity contribution in [1.29, 1.82) is 0 Å². The number of rotatable bonds is 7. The lowest BCUT2D eigenvalue weighted by Crippen LogP contribution is -2.67. The van der Waals surface area contributed by atoms with Crippen molar-refractivity contribution in [2.45, 2.75) is 70.7 Å². The lowest BCUT2D eigenvalue weighted by Gasteiger charge is -2.44. The third kappa shape index (κ3) is 6.65. The van der Waals surface area contributed by atoms with Gasteiger partial charge < -0.3 is 13.9 Å². The van der Waals surface area contributed by atoms with Crippen molar-refractivity contribution in [2.24, 2.45) is 0 Å². The van der Waals surface area contributed by atoms with Crippen LogP contribution >= 0.6 is 0 Å². The molecule has 7 heteroatoms. The Kier molecular flexibility index (Phi) is 8.85. The van der Waals surface area contributed by atoms with Gasteiger partial charge in [0.2, 0.25) is 0 Å². The van der Waals surface area contributed by atoms with Gasteiger partial charge in [0.25, 0.3) is 8.32 Å². The van der Waals surface area contributed by atoms with E-state index in [4.69, 9.17) is 13.9 Å². The first-order valence-electron chi connectivity index (χ1n) is 13.9. The van der Waals surface area contributed by atoms with Gasteiger partial charge in [0, 0.05) is 6.54 Å². The van der Waals surface area contributed by atoms with E-state index in [2.05, 4.69) is 69.3 Å².